The Morgan fingerprint density at radius 3 is 2.88 bits per heavy atom. The number of carbonyl (C=O) groups is 1. The van der Waals surface area contributed by atoms with E-state index in [2.05, 4.69) is 21.2 Å². The van der Waals surface area contributed by atoms with E-state index in [1.807, 2.05) is 42.5 Å². The van der Waals surface area contributed by atoms with Crippen molar-refractivity contribution in [2.45, 2.75) is 31.7 Å². The fraction of sp³-hybridized carbons (Fsp3) is 0.316. The summed E-state index contributed by atoms with van der Waals surface area (Å²) >= 11 is 3.43. The van der Waals surface area contributed by atoms with Gasteiger partial charge in [0.1, 0.15) is 5.75 Å². The van der Waals surface area contributed by atoms with Gasteiger partial charge in [-0.1, -0.05) is 18.2 Å². The van der Waals surface area contributed by atoms with Crippen LogP contribution in [0.15, 0.2) is 46.9 Å². The first-order valence-corrected chi connectivity index (χ1v) is 8.98. The first-order valence-electron chi connectivity index (χ1n) is 8.18. The first-order chi connectivity index (χ1) is 11.6. The van der Waals surface area contributed by atoms with Gasteiger partial charge in [-0.25, -0.2) is 0 Å². The summed E-state index contributed by atoms with van der Waals surface area (Å²) in [5, 5.41) is 3.12. The lowest BCUT2D eigenvalue weighted by atomic mass is 9.87. The van der Waals surface area contributed by atoms with E-state index < -0.39 is 0 Å². The van der Waals surface area contributed by atoms with Crippen LogP contribution in [-0.2, 0) is 11.2 Å². The Balaban J connectivity index is 0.00000225. The average molecular weight is 426 g/mol. The molecule has 0 spiro atoms. The zero-order valence-electron chi connectivity index (χ0n) is 13.8. The van der Waals surface area contributed by atoms with E-state index in [0.717, 1.165) is 35.2 Å². The van der Waals surface area contributed by atoms with E-state index in [4.69, 9.17) is 10.5 Å². The molecule has 6 heteroatoms. The van der Waals surface area contributed by atoms with Gasteiger partial charge in [0, 0.05) is 5.69 Å². The summed E-state index contributed by atoms with van der Waals surface area (Å²) < 4.78 is 6.55. The number of halogens is 2. The minimum absolute atomic E-state index is 0. The highest BCUT2D eigenvalue weighted by Crippen LogP contribution is 2.31. The molecule has 0 radical (unpaired) electrons. The van der Waals surface area contributed by atoms with Crippen molar-refractivity contribution >= 4 is 39.9 Å². The van der Waals surface area contributed by atoms with Crippen LogP contribution < -0.4 is 15.8 Å². The number of para-hydroxylation sites is 1. The molecule has 4 nitrogen and oxygen atoms in total. The first kappa shape index (κ1) is 19.6. The average Bonchev–Trinajstić information content (AvgIpc) is 2.56. The summed E-state index contributed by atoms with van der Waals surface area (Å²) in [4.78, 5) is 12.2. The molecule has 1 atom stereocenters. The van der Waals surface area contributed by atoms with E-state index in [9.17, 15) is 4.79 Å². The molecule has 0 heterocycles. The molecule has 3 rings (SSSR count). The molecular weight excluding hydrogens is 404 g/mol. The van der Waals surface area contributed by atoms with E-state index in [0.29, 0.717) is 13.0 Å². The van der Waals surface area contributed by atoms with Crippen molar-refractivity contribution in [1.29, 1.82) is 0 Å². The van der Waals surface area contributed by atoms with Crippen LogP contribution in [0.1, 0.15) is 36.4 Å². The van der Waals surface area contributed by atoms with Crippen LogP contribution in [0.4, 0.5) is 5.69 Å². The summed E-state index contributed by atoms with van der Waals surface area (Å²) in [6.07, 6.45) is 3.39. The molecule has 1 aliphatic rings. The number of nitrogens with one attached hydrogen (secondary N) is 1. The number of benzene rings is 2. The second-order valence-corrected chi connectivity index (χ2v) is 6.85. The highest BCUT2D eigenvalue weighted by atomic mass is 79.9. The van der Waals surface area contributed by atoms with Gasteiger partial charge in [0.15, 0.2) is 0 Å². The maximum Gasteiger partial charge on any atom is 0.223 e. The predicted molar refractivity (Wildman–Crippen MR) is 106 cm³/mol. The van der Waals surface area contributed by atoms with Crippen molar-refractivity contribution < 1.29 is 9.53 Å². The second-order valence-electron chi connectivity index (χ2n) is 6.00. The van der Waals surface area contributed by atoms with E-state index >= 15 is 0 Å². The van der Waals surface area contributed by atoms with Crippen LogP contribution in [0.25, 0.3) is 0 Å². The van der Waals surface area contributed by atoms with Gasteiger partial charge in [-0.3, -0.25) is 4.79 Å². The summed E-state index contributed by atoms with van der Waals surface area (Å²) in [7, 11) is 0. The lowest BCUT2D eigenvalue weighted by molar-refractivity contribution is -0.122. The molecule has 0 aromatic heterocycles. The molecule has 2 aromatic rings. The van der Waals surface area contributed by atoms with Crippen molar-refractivity contribution in [3.63, 3.8) is 0 Å². The van der Waals surface area contributed by atoms with Gasteiger partial charge in [-0.2, -0.15) is 0 Å². The molecule has 0 saturated heterocycles. The number of hydrogen-bond donors (Lipinski definition) is 2. The number of ether oxygens (including phenoxy) is 1. The lowest BCUT2D eigenvalue weighted by Gasteiger charge is -2.26. The Morgan fingerprint density at radius 2 is 2.08 bits per heavy atom. The zero-order chi connectivity index (χ0) is 16.9. The minimum Gasteiger partial charge on any atom is -0.492 e. The van der Waals surface area contributed by atoms with Gasteiger partial charge in [-0.05, 0) is 70.6 Å². The molecule has 1 aliphatic carbocycles. The maximum atomic E-state index is 12.2. The molecule has 3 N–H and O–H groups in total. The standard InChI is InChI=1S/C19H21BrN2O2.ClH/c20-16-5-1-2-7-18(16)24-11-10-19(23)22-17-6-3-4-13-12-14(21)8-9-15(13)17;/h1-2,5,7-9,12,17H,3-4,6,10-11,21H2,(H,22,23);1H. The summed E-state index contributed by atoms with van der Waals surface area (Å²) in [5.41, 5.74) is 9.07. The van der Waals surface area contributed by atoms with E-state index in [1.54, 1.807) is 0 Å². The quantitative estimate of drug-likeness (QED) is 0.697. The van der Waals surface area contributed by atoms with E-state index in [1.165, 1.54) is 11.1 Å². The van der Waals surface area contributed by atoms with Crippen molar-refractivity contribution in [3.05, 3.63) is 58.1 Å². The van der Waals surface area contributed by atoms with Gasteiger partial charge in [-0.15, -0.1) is 12.4 Å². The third-order valence-electron chi connectivity index (χ3n) is 4.24. The monoisotopic (exact) mass is 424 g/mol. The minimum atomic E-state index is 0. The number of anilines is 1. The SMILES string of the molecule is Cl.Nc1ccc2c(c1)CCCC2NC(=O)CCOc1ccccc1Br. The van der Waals surface area contributed by atoms with Crippen molar-refractivity contribution in [1.82, 2.24) is 5.32 Å². The molecule has 0 saturated carbocycles. The van der Waals surface area contributed by atoms with Crippen LogP contribution in [0, 0.1) is 0 Å². The largest absolute Gasteiger partial charge is 0.492 e. The van der Waals surface area contributed by atoms with Crippen LogP contribution >= 0.6 is 28.3 Å². The van der Waals surface area contributed by atoms with Crippen molar-refractivity contribution in [2.24, 2.45) is 0 Å². The molecular formula is C19H22BrClN2O2. The number of nitrogens with two attached hydrogens (primary N) is 1. The smallest absolute Gasteiger partial charge is 0.223 e. The topological polar surface area (TPSA) is 64.3 Å². The third kappa shape index (κ3) is 5.13. The number of aryl methyl sites for hydroxylation is 1. The molecule has 1 amide bonds. The number of carbonyl (C=O) groups excluding carboxylic acids is 1. The van der Waals surface area contributed by atoms with Gasteiger partial charge in [0.25, 0.3) is 0 Å². The third-order valence-corrected chi connectivity index (χ3v) is 4.90. The Morgan fingerprint density at radius 1 is 1.28 bits per heavy atom. The number of fused-ring (bicyclic) bond motifs is 1. The molecule has 25 heavy (non-hydrogen) atoms. The molecule has 134 valence electrons. The Bertz CT molecular complexity index is 739. The summed E-state index contributed by atoms with van der Waals surface area (Å²) in [6.45, 7) is 0.357. The molecule has 0 fully saturated rings. The number of rotatable bonds is 5. The second kappa shape index (κ2) is 9.11. The van der Waals surface area contributed by atoms with Gasteiger partial charge < -0.3 is 15.8 Å². The van der Waals surface area contributed by atoms with Crippen molar-refractivity contribution in [3.8, 4) is 5.75 Å². The number of nitrogen functional groups attached to an aromatic ring is 1. The van der Waals surface area contributed by atoms with Crippen LogP contribution in [0.3, 0.4) is 0 Å². The summed E-state index contributed by atoms with van der Waals surface area (Å²) in [5.74, 6) is 0.764. The van der Waals surface area contributed by atoms with Gasteiger partial charge in [0.05, 0.1) is 23.5 Å². The molecule has 2 aromatic carbocycles. The molecule has 0 aliphatic heterocycles. The molecule has 1 unspecified atom stereocenters. The van der Waals surface area contributed by atoms with Crippen LogP contribution in [0.5, 0.6) is 5.75 Å². The maximum absolute atomic E-state index is 12.2. The van der Waals surface area contributed by atoms with Gasteiger partial charge in [0.2, 0.25) is 5.91 Å². The number of amides is 1. The fourth-order valence-corrected chi connectivity index (χ4v) is 3.47. The van der Waals surface area contributed by atoms with Gasteiger partial charge >= 0.3 is 0 Å². The highest BCUT2D eigenvalue weighted by Gasteiger charge is 2.21. The Kier molecular flexibility index (Phi) is 7.14. The number of hydrogen-bond acceptors (Lipinski definition) is 3. The lowest BCUT2D eigenvalue weighted by Crippen LogP contribution is -2.31. The van der Waals surface area contributed by atoms with E-state index in [-0.39, 0.29) is 24.4 Å². The normalized spacial score (nSPS) is 15.6. The Labute approximate surface area is 162 Å². The zero-order valence-corrected chi connectivity index (χ0v) is 16.2. The van der Waals surface area contributed by atoms with Crippen LogP contribution in [0.2, 0.25) is 0 Å². The Hall–Kier alpha value is -1.72. The summed E-state index contributed by atoms with van der Waals surface area (Å²) in [6, 6.07) is 13.7. The highest BCUT2D eigenvalue weighted by molar-refractivity contribution is 9.10. The van der Waals surface area contributed by atoms with Crippen LogP contribution in [-0.4, -0.2) is 12.5 Å². The predicted octanol–water partition coefficient (Wildman–Crippen LogP) is 4.42. The van der Waals surface area contributed by atoms with Crippen molar-refractivity contribution in [2.75, 3.05) is 12.3 Å². The fourth-order valence-electron chi connectivity index (χ4n) is 3.07. The molecule has 0 bridgehead atoms.